The van der Waals surface area contributed by atoms with Crippen LogP contribution in [-0.4, -0.2) is 17.0 Å². The molecule has 2 N–H and O–H groups in total. The van der Waals surface area contributed by atoms with E-state index in [1.54, 1.807) is 18.2 Å². The molecular weight excluding hydrogens is 342 g/mol. The van der Waals surface area contributed by atoms with Crippen LogP contribution in [0.1, 0.15) is 15.2 Å². The maximum atomic E-state index is 11.7. The van der Waals surface area contributed by atoms with E-state index in [0.717, 1.165) is 8.66 Å². The lowest BCUT2D eigenvalue weighted by Crippen LogP contribution is -2.08. The third kappa shape index (κ3) is 4.04. The number of nitrogens with one attached hydrogen (secondary N) is 1. The summed E-state index contributed by atoms with van der Waals surface area (Å²) in [5.41, 5.74) is 0.584. The van der Waals surface area contributed by atoms with Crippen LogP contribution in [0.3, 0.4) is 0 Å². The number of carboxylic acids is 1. The molecule has 1 heterocycles. The van der Waals surface area contributed by atoms with Gasteiger partial charge in [0.1, 0.15) is 0 Å². The standard InChI is InChI=1S/C14H10BrNO3S/c15-12-6-4-11(20-12)5-7-13(17)16-10-3-1-2-9(8-10)14(18)19/h1-8H,(H,16,17)(H,18,19)/b7-5+. The average Bonchev–Trinajstić information content (AvgIpc) is 2.82. The zero-order valence-electron chi connectivity index (χ0n) is 10.2. The molecule has 0 aliphatic carbocycles. The van der Waals surface area contributed by atoms with Crippen molar-refractivity contribution in [3.05, 3.63) is 56.7 Å². The predicted molar refractivity (Wildman–Crippen MR) is 83.1 cm³/mol. The largest absolute Gasteiger partial charge is 0.478 e. The van der Waals surface area contributed by atoms with Gasteiger partial charge in [0.05, 0.1) is 9.35 Å². The average molecular weight is 352 g/mol. The van der Waals surface area contributed by atoms with E-state index in [1.807, 2.05) is 12.1 Å². The van der Waals surface area contributed by atoms with E-state index in [0.29, 0.717) is 5.69 Å². The smallest absolute Gasteiger partial charge is 0.335 e. The van der Waals surface area contributed by atoms with E-state index >= 15 is 0 Å². The first kappa shape index (κ1) is 14.5. The summed E-state index contributed by atoms with van der Waals surface area (Å²) in [6, 6.07) is 9.90. The molecular formula is C14H10BrNO3S. The monoisotopic (exact) mass is 351 g/mol. The van der Waals surface area contributed by atoms with Crippen molar-refractivity contribution >= 4 is 50.9 Å². The van der Waals surface area contributed by atoms with Gasteiger partial charge in [-0.05, 0) is 52.3 Å². The maximum Gasteiger partial charge on any atom is 0.335 e. The molecule has 1 aromatic carbocycles. The third-order valence-corrected chi connectivity index (χ3v) is 3.96. The molecule has 0 saturated heterocycles. The highest BCUT2D eigenvalue weighted by Gasteiger charge is 2.04. The van der Waals surface area contributed by atoms with Gasteiger partial charge in [0.25, 0.3) is 0 Å². The lowest BCUT2D eigenvalue weighted by molar-refractivity contribution is -0.111. The van der Waals surface area contributed by atoms with Gasteiger partial charge in [-0.3, -0.25) is 4.79 Å². The van der Waals surface area contributed by atoms with Crippen LogP contribution in [0.25, 0.3) is 6.08 Å². The first-order valence-corrected chi connectivity index (χ1v) is 7.23. The second-order valence-corrected chi connectivity index (χ2v) is 6.35. The number of amides is 1. The zero-order chi connectivity index (χ0) is 14.5. The molecule has 2 aromatic rings. The second kappa shape index (κ2) is 6.49. The number of rotatable bonds is 4. The fraction of sp³-hybridized carbons (Fsp3) is 0. The molecule has 20 heavy (non-hydrogen) atoms. The molecule has 4 nitrogen and oxygen atoms in total. The number of carbonyl (C=O) groups is 2. The number of aromatic carboxylic acids is 1. The van der Waals surface area contributed by atoms with Gasteiger partial charge >= 0.3 is 5.97 Å². The number of hydrogen-bond donors (Lipinski definition) is 2. The fourth-order valence-electron chi connectivity index (χ4n) is 1.49. The lowest BCUT2D eigenvalue weighted by Gasteiger charge is -2.02. The van der Waals surface area contributed by atoms with E-state index in [1.165, 1.54) is 29.5 Å². The summed E-state index contributed by atoms with van der Waals surface area (Å²) in [6.07, 6.45) is 3.11. The molecule has 2 rings (SSSR count). The lowest BCUT2D eigenvalue weighted by atomic mass is 10.2. The number of thiophene rings is 1. The van der Waals surface area contributed by atoms with Gasteiger partial charge in [0.15, 0.2) is 0 Å². The number of carbonyl (C=O) groups excluding carboxylic acids is 1. The number of hydrogen-bond acceptors (Lipinski definition) is 3. The van der Waals surface area contributed by atoms with Crippen LogP contribution in [0.4, 0.5) is 5.69 Å². The van der Waals surface area contributed by atoms with Gasteiger partial charge in [-0.15, -0.1) is 11.3 Å². The number of halogens is 1. The van der Waals surface area contributed by atoms with Crippen LogP contribution in [0.15, 0.2) is 46.3 Å². The zero-order valence-corrected chi connectivity index (χ0v) is 12.6. The topological polar surface area (TPSA) is 66.4 Å². The van der Waals surface area contributed by atoms with Crippen molar-refractivity contribution in [3.8, 4) is 0 Å². The minimum absolute atomic E-state index is 0.133. The van der Waals surface area contributed by atoms with Crippen LogP contribution in [-0.2, 0) is 4.79 Å². The summed E-state index contributed by atoms with van der Waals surface area (Å²) in [5, 5.41) is 11.5. The first-order valence-electron chi connectivity index (χ1n) is 5.62. The number of anilines is 1. The summed E-state index contributed by atoms with van der Waals surface area (Å²) >= 11 is 4.86. The van der Waals surface area contributed by atoms with Gasteiger partial charge < -0.3 is 10.4 Å². The van der Waals surface area contributed by atoms with Crippen molar-refractivity contribution in [2.75, 3.05) is 5.32 Å². The van der Waals surface area contributed by atoms with E-state index in [-0.39, 0.29) is 11.5 Å². The van der Waals surface area contributed by atoms with Crippen LogP contribution in [0, 0.1) is 0 Å². The minimum Gasteiger partial charge on any atom is -0.478 e. The molecule has 0 bridgehead atoms. The molecule has 0 saturated carbocycles. The van der Waals surface area contributed by atoms with E-state index in [9.17, 15) is 9.59 Å². The molecule has 102 valence electrons. The summed E-state index contributed by atoms with van der Waals surface area (Å²) < 4.78 is 0.992. The minimum atomic E-state index is -1.03. The Morgan fingerprint density at radius 3 is 2.70 bits per heavy atom. The van der Waals surface area contributed by atoms with E-state index < -0.39 is 5.97 Å². The van der Waals surface area contributed by atoms with E-state index in [4.69, 9.17) is 5.11 Å². The summed E-state index contributed by atoms with van der Waals surface area (Å²) in [6.45, 7) is 0. The van der Waals surface area contributed by atoms with Crippen LogP contribution >= 0.6 is 27.3 Å². The number of benzene rings is 1. The Balaban J connectivity index is 2.02. The van der Waals surface area contributed by atoms with Crippen molar-refractivity contribution < 1.29 is 14.7 Å². The highest BCUT2D eigenvalue weighted by Crippen LogP contribution is 2.23. The fourth-order valence-corrected chi connectivity index (χ4v) is 2.82. The van der Waals surface area contributed by atoms with Gasteiger partial charge in [0, 0.05) is 16.6 Å². The molecule has 0 radical (unpaired) electrons. The molecule has 6 heteroatoms. The quantitative estimate of drug-likeness (QED) is 0.821. The Labute approximate surface area is 127 Å². The molecule has 0 spiro atoms. The Kier molecular flexibility index (Phi) is 4.70. The Bertz CT molecular complexity index is 679. The van der Waals surface area contributed by atoms with Crippen LogP contribution in [0.5, 0.6) is 0 Å². The Morgan fingerprint density at radius 2 is 2.05 bits per heavy atom. The molecule has 0 unspecified atom stereocenters. The van der Waals surface area contributed by atoms with Gasteiger partial charge in [-0.1, -0.05) is 6.07 Å². The van der Waals surface area contributed by atoms with Crippen molar-refractivity contribution in [1.82, 2.24) is 0 Å². The summed E-state index contributed by atoms with van der Waals surface area (Å²) in [7, 11) is 0. The molecule has 0 aliphatic rings. The summed E-state index contributed by atoms with van der Waals surface area (Å²) in [4.78, 5) is 23.5. The maximum absolute atomic E-state index is 11.7. The highest BCUT2D eigenvalue weighted by molar-refractivity contribution is 9.11. The molecule has 0 aliphatic heterocycles. The van der Waals surface area contributed by atoms with Gasteiger partial charge in [0.2, 0.25) is 5.91 Å². The second-order valence-electron chi connectivity index (χ2n) is 3.85. The van der Waals surface area contributed by atoms with Crippen molar-refractivity contribution in [2.24, 2.45) is 0 Å². The van der Waals surface area contributed by atoms with Crippen molar-refractivity contribution in [3.63, 3.8) is 0 Å². The number of carboxylic acid groups (broad SMARTS) is 1. The summed E-state index contributed by atoms with van der Waals surface area (Å²) in [5.74, 6) is -1.34. The van der Waals surface area contributed by atoms with Crippen molar-refractivity contribution in [2.45, 2.75) is 0 Å². The van der Waals surface area contributed by atoms with Crippen LogP contribution in [0.2, 0.25) is 0 Å². The van der Waals surface area contributed by atoms with Crippen molar-refractivity contribution in [1.29, 1.82) is 0 Å². The predicted octanol–water partition coefficient (Wildman–Crippen LogP) is 3.86. The van der Waals surface area contributed by atoms with E-state index in [2.05, 4.69) is 21.2 Å². The normalized spacial score (nSPS) is 10.7. The SMILES string of the molecule is O=C(/C=C/c1ccc(Br)s1)Nc1cccc(C(=O)O)c1. The van der Waals surface area contributed by atoms with Gasteiger partial charge in [-0.2, -0.15) is 0 Å². The Morgan fingerprint density at radius 1 is 1.25 bits per heavy atom. The third-order valence-electron chi connectivity index (χ3n) is 2.37. The highest BCUT2D eigenvalue weighted by atomic mass is 79.9. The first-order chi connectivity index (χ1) is 9.54. The molecule has 0 fully saturated rings. The Hall–Kier alpha value is -1.92. The van der Waals surface area contributed by atoms with Gasteiger partial charge in [-0.25, -0.2) is 4.79 Å². The van der Waals surface area contributed by atoms with Crippen LogP contribution < -0.4 is 5.32 Å². The molecule has 1 amide bonds. The molecule has 1 aromatic heterocycles. The molecule has 0 atom stereocenters.